The lowest BCUT2D eigenvalue weighted by molar-refractivity contribution is -0.134. The number of nitrogens with two attached hydrogens (primary N) is 6. The maximum Gasteiger partial charge on any atom is 0.243 e. The molecule has 0 bridgehead atoms. The molecule has 0 saturated carbocycles. The van der Waals surface area contributed by atoms with E-state index in [1.165, 1.54) is 0 Å². The molecule has 38 heavy (non-hydrogen) atoms. The number of carbonyl (C=O) groups excluding carboxylic acids is 5. The average Bonchev–Trinajstić information content (AvgIpc) is 2.85. The molecular formula is C23H46N10O5. The highest BCUT2D eigenvalue weighted by molar-refractivity contribution is 5.95. The van der Waals surface area contributed by atoms with Gasteiger partial charge in [0.15, 0.2) is 5.96 Å². The summed E-state index contributed by atoms with van der Waals surface area (Å²) in [6, 6.07) is -4.12. The number of carbonyl (C=O) groups is 5. The Morgan fingerprint density at radius 3 is 1.95 bits per heavy atom. The Balaban J connectivity index is 5.50. The fraction of sp³-hybridized carbons (Fsp3) is 0.739. The summed E-state index contributed by atoms with van der Waals surface area (Å²) in [4.78, 5) is 65.9. The van der Waals surface area contributed by atoms with Gasteiger partial charge in [-0.05, 0) is 51.0 Å². The van der Waals surface area contributed by atoms with Crippen molar-refractivity contribution in [3.05, 3.63) is 0 Å². The first kappa shape index (κ1) is 34.5. The quantitative estimate of drug-likeness (QED) is 0.0423. The number of unbranched alkanes of at least 4 members (excludes halogenated alkanes) is 1. The Hall–Kier alpha value is -3.46. The van der Waals surface area contributed by atoms with Crippen LogP contribution in [0.25, 0.3) is 0 Å². The van der Waals surface area contributed by atoms with Crippen molar-refractivity contribution in [2.75, 3.05) is 13.1 Å². The fourth-order valence-electron chi connectivity index (χ4n) is 3.48. The summed E-state index contributed by atoms with van der Waals surface area (Å²) in [6.45, 7) is 4.29. The van der Waals surface area contributed by atoms with Gasteiger partial charge in [-0.1, -0.05) is 20.3 Å². The predicted molar refractivity (Wildman–Crippen MR) is 144 cm³/mol. The number of nitrogens with one attached hydrogen (secondary N) is 3. The summed E-state index contributed by atoms with van der Waals surface area (Å²) in [7, 11) is 0. The molecule has 5 atom stereocenters. The molecule has 15 heteroatoms. The topological polar surface area (TPSA) is 290 Å². The van der Waals surface area contributed by atoms with Crippen molar-refractivity contribution in [2.24, 2.45) is 45.3 Å². The van der Waals surface area contributed by atoms with Crippen LogP contribution in [0, 0.1) is 5.92 Å². The minimum Gasteiger partial charge on any atom is -0.370 e. The standard InChI is InChI=1S/C23H46N10O5/c1-3-13(2)18(22(38)31-15(19(27)35)8-4-5-11-24)33-21(37)16(9-10-17(26)34)32-20(36)14(25)7-6-12-30-23(28)29/h13-16,18H,3-12,24-25H2,1-2H3,(H2,26,34)(H2,27,35)(H,31,38)(H,32,36)(H,33,37)(H4,28,29,30)/t13-,14-,15-,16-,18-/m0/s1. The van der Waals surface area contributed by atoms with Gasteiger partial charge in [-0.2, -0.15) is 0 Å². The van der Waals surface area contributed by atoms with Gasteiger partial charge in [-0.3, -0.25) is 29.0 Å². The van der Waals surface area contributed by atoms with E-state index in [-0.39, 0.29) is 37.7 Å². The van der Waals surface area contributed by atoms with Gasteiger partial charge in [0.2, 0.25) is 29.5 Å². The number of guanidine groups is 1. The molecule has 0 unspecified atom stereocenters. The van der Waals surface area contributed by atoms with Crippen LogP contribution >= 0.6 is 0 Å². The average molecular weight is 543 g/mol. The van der Waals surface area contributed by atoms with Crippen LogP contribution in [0.5, 0.6) is 0 Å². The van der Waals surface area contributed by atoms with Crippen LogP contribution in [-0.4, -0.2) is 72.8 Å². The van der Waals surface area contributed by atoms with Crippen molar-refractivity contribution < 1.29 is 24.0 Å². The molecule has 0 aliphatic rings. The lowest BCUT2D eigenvalue weighted by Crippen LogP contribution is -2.59. The third-order valence-corrected chi connectivity index (χ3v) is 6.02. The van der Waals surface area contributed by atoms with Crippen LogP contribution < -0.4 is 50.4 Å². The Bertz CT molecular complexity index is 818. The summed E-state index contributed by atoms with van der Waals surface area (Å²) in [5.74, 6) is -3.71. The summed E-state index contributed by atoms with van der Waals surface area (Å²) in [5.41, 5.74) is 32.6. The first-order valence-corrected chi connectivity index (χ1v) is 12.8. The largest absolute Gasteiger partial charge is 0.370 e. The number of nitrogens with zero attached hydrogens (tertiary/aromatic N) is 1. The van der Waals surface area contributed by atoms with Crippen molar-refractivity contribution in [3.8, 4) is 0 Å². The number of hydrogen-bond donors (Lipinski definition) is 9. The highest BCUT2D eigenvalue weighted by atomic mass is 16.2. The molecule has 0 aromatic carbocycles. The molecule has 0 saturated heterocycles. The maximum atomic E-state index is 13.2. The van der Waals surface area contributed by atoms with E-state index in [4.69, 9.17) is 34.4 Å². The van der Waals surface area contributed by atoms with Crippen LogP contribution in [0.4, 0.5) is 0 Å². The second kappa shape index (κ2) is 18.7. The Morgan fingerprint density at radius 1 is 0.789 bits per heavy atom. The number of aliphatic imine (C=N–C) groups is 1. The van der Waals surface area contributed by atoms with E-state index in [1.807, 2.05) is 6.92 Å². The van der Waals surface area contributed by atoms with Gasteiger partial charge in [-0.25, -0.2) is 0 Å². The molecule has 0 fully saturated rings. The Labute approximate surface area is 223 Å². The van der Waals surface area contributed by atoms with E-state index in [0.29, 0.717) is 38.6 Å². The second-order valence-corrected chi connectivity index (χ2v) is 9.24. The minimum atomic E-state index is -1.19. The van der Waals surface area contributed by atoms with Gasteiger partial charge in [0.05, 0.1) is 6.04 Å². The zero-order valence-electron chi connectivity index (χ0n) is 22.4. The third kappa shape index (κ3) is 14.3. The number of primary amides is 2. The monoisotopic (exact) mass is 542 g/mol. The molecule has 15 nitrogen and oxygen atoms in total. The fourth-order valence-corrected chi connectivity index (χ4v) is 3.48. The van der Waals surface area contributed by atoms with Crippen molar-refractivity contribution in [1.29, 1.82) is 0 Å². The van der Waals surface area contributed by atoms with E-state index >= 15 is 0 Å². The van der Waals surface area contributed by atoms with Crippen molar-refractivity contribution >= 4 is 35.5 Å². The minimum absolute atomic E-state index is 0.0798. The summed E-state index contributed by atoms with van der Waals surface area (Å²) in [5, 5.41) is 7.77. The van der Waals surface area contributed by atoms with Crippen LogP contribution in [0.1, 0.15) is 65.2 Å². The van der Waals surface area contributed by atoms with Crippen LogP contribution in [0.3, 0.4) is 0 Å². The zero-order chi connectivity index (χ0) is 29.3. The molecule has 0 rings (SSSR count). The molecule has 0 aliphatic heterocycles. The van der Waals surface area contributed by atoms with Crippen LogP contribution in [0.15, 0.2) is 4.99 Å². The van der Waals surface area contributed by atoms with E-state index in [2.05, 4.69) is 20.9 Å². The van der Waals surface area contributed by atoms with E-state index in [0.717, 1.165) is 0 Å². The molecular weight excluding hydrogens is 496 g/mol. The van der Waals surface area contributed by atoms with Gasteiger partial charge >= 0.3 is 0 Å². The first-order valence-electron chi connectivity index (χ1n) is 12.8. The molecule has 0 aliphatic carbocycles. The first-order chi connectivity index (χ1) is 17.8. The van der Waals surface area contributed by atoms with Crippen molar-refractivity contribution in [1.82, 2.24) is 16.0 Å². The summed E-state index contributed by atoms with van der Waals surface area (Å²) < 4.78 is 0. The molecule has 15 N–H and O–H groups in total. The smallest absolute Gasteiger partial charge is 0.243 e. The van der Waals surface area contributed by atoms with E-state index in [1.54, 1.807) is 6.92 Å². The van der Waals surface area contributed by atoms with Crippen LogP contribution in [0.2, 0.25) is 0 Å². The zero-order valence-corrected chi connectivity index (χ0v) is 22.4. The van der Waals surface area contributed by atoms with E-state index in [9.17, 15) is 24.0 Å². The van der Waals surface area contributed by atoms with Crippen molar-refractivity contribution in [3.63, 3.8) is 0 Å². The molecule has 0 radical (unpaired) electrons. The highest BCUT2D eigenvalue weighted by Gasteiger charge is 2.32. The van der Waals surface area contributed by atoms with Gasteiger partial charge < -0.3 is 50.4 Å². The molecule has 0 aromatic heterocycles. The third-order valence-electron chi connectivity index (χ3n) is 6.02. The molecule has 218 valence electrons. The Kier molecular flexibility index (Phi) is 17.0. The number of rotatable bonds is 20. The molecule has 5 amide bonds. The van der Waals surface area contributed by atoms with E-state index < -0.39 is 53.7 Å². The molecule has 0 spiro atoms. The van der Waals surface area contributed by atoms with Gasteiger partial charge in [0.1, 0.15) is 18.1 Å². The Morgan fingerprint density at radius 2 is 1.42 bits per heavy atom. The SMILES string of the molecule is CC[C@H](C)[C@H](NC(=O)[C@H](CCC(N)=O)NC(=O)[C@@H](N)CCCN=C(N)N)C(=O)N[C@@H](CCCCN)C(N)=O. The summed E-state index contributed by atoms with van der Waals surface area (Å²) in [6.07, 6.45) is 2.43. The van der Waals surface area contributed by atoms with Crippen molar-refractivity contribution in [2.45, 2.75) is 89.4 Å². The highest BCUT2D eigenvalue weighted by Crippen LogP contribution is 2.11. The molecule has 0 aromatic rings. The van der Waals surface area contributed by atoms with Crippen LogP contribution in [-0.2, 0) is 24.0 Å². The summed E-state index contributed by atoms with van der Waals surface area (Å²) >= 11 is 0. The number of amides is 5. The predicted octanol–water partition coefficient (Wildman–Crippen LogP) is -3.25. The van der Waals surface area contributed by atoms with Gasteiger partial charge in [-0.15, -0.1) is 0 Å². The lowest BCUT2D eigenvalue weighted by Gasteiger charge is -2.28. The van der Waals surface area contributed by atoms with Gasteiger partial charge in [0, 0.05) is 13.0 Å². The lowest BCUT2D eigenvalue weighted by atomic mass is 9.96. The second-order valence-electron chi connectivity index (χ2n) is 9.24. The maximum absolute atomic E-state index is 13.2. The molecule has 0 heterocycles. The number of hydrogen-bond acceptors (Lipinski definition) is 8. The van der Waals surface area contributed by atoms with Gasteiger partial charge in [0.25, 0.3) is 0 Å². The normalized spacial score (nSPS) is 14.7.